The Morgan fingerprint density at radius 3 is 2.79 bits per heavy atom. The zero-order valence-electron chi connectivity index (χ0n) is 9.50. The van der Waals surface area contributed by atoms with Gasteiger partial charge in [0.25, 0.3) is 5.91 Å². The third kappa shape index (κ3) is 2.89. The van der Waals surface area contributed by atoms with Crippen molar-refractivity contribution in [2.24, 2.45) is 0 Å². The van der Waals surface area contributed by atoms with Gasteiger partial charge in [0.1, 0.15) is 17.2 Å². The molecule has 2 aromatic rings. The first-order chi connectivity index (χ1) is 9.08. The van der Waals surface area contributed by atoms with Crippen molar-refractivity contribution < 1.29 is 19.1 Å². The summed E-state index contributed by atoms with van der Waals surface area (Å²) in [6.07, 6.45) is 3.47. The molecule has 6 nitrogen and oxygen atoms in total. The molecule has 2 aromatic heterocycles. The van der Waals surface area contributed by atoms with Crippen LogP contribution in [-0.2, 0) is 0 Å². The maximum atomic E-state index is 12.9. The van der Waals surface area contributed by atoms with E-state index in [1.54, 1.807) is 0 Å². The molecule has 2 heterocycles. The molecule has 1 amide bonds. The number of anilines is 1. The molecule has 0 aromatic carbocycles. The fraction of sp³-hybridized carbons (Fsp3) is 0. The van der Waals surface area contributed by atoms with E-state index in [0.717, 1.165) is 12.3 Å². The van der Waals surface area contributed by atoms with Crippen LogP contribution < -0.4 is 5.32 Å². The molecule has 19 heavy (non-hydrogen) atoms. The second-order valence-electron chi connectivity index (χ2n) is 3.55. The quantitative estimate of drug-likeness (QED) is 0.874. The minimum Gasteiger partial charge on any atom is -0.478 e. The Kier molecular flexibility index (Phi) is 3.46. The average Bonchev–Trinajstić information content (AvgIpc) is 2.39. The summed E-state index contributed by atoms with van der Waals surface area (Å²) in [6.45, 7) is 0. The Bertz CT molecular complexity index is 646. The Balaban J connectivity index is 2.27. The van der Waals surface area contributed by atoms with Gasteiger partial charge < -0.3 is 10.4 Å². The van der Waals surface area contributed by atoms with Crippen molar-refractivity contribution in [3.8, 4) is 0 Å². The highest BCUT2D eigenvalue weighted by atomic mass is 19.1. The Morgan fingerprint density at radius 2 is 2.11 bits per heavy atom. The van der Waals surface area contributed by atoms with Crippen molar-refractivity contribution in [1.29, 1.82) is 0 Å². The lowest BCUT2D eigenvalue weighted by Crippen LogP contribution is -2.16. The van der Waals surface area contributed by atoms with Crippen molar-refractivity contribution in [1.82, 2.24) is 9.97 Å². The van der Waals surface area contributed by atoms with Gasteiger partial charge in [-0.1, -0.05) is 0 Å². The van der Waals surface area contributed by atoms with Crippen molar-refractivity contribution in [2.45, 2.75) is 0 Å². The number of pyridine rings is 2. The summed E-state index contributed by atoms with van der Waals surface area (Å²) in [5, 5.41) is 11.2. The van der Waals surface area contributed by atoms with Crippen LogP contribution in [0, 0.1) is 5.82 Å². The van der Waals surface area contributed by atoms with Gasteiger partial charge in [-0.25, -0.2) is 14.2 Å². The van der Waals surface area contributed by atoms with Gasteiger partial charge in [-0.15, -0.1) is 0 Å². The number of rotatable bonds is 3. The van der Waals surface area contributed by atoms with Crippen molar-refractivity contribution in [2.75, 3.05) is 5.32 Å². The standard InChI is InChI=1S/C12H8FN3O3/c13-8-4-7(5-14-6-8)11(17)16-10-9(12(18)19)2-1-3-15-10/h1-6H,(H,18,19)(H,15,16,17). The number of carboxylic acid groups (broad SMARTS) is 1. The molecule has 0 bridgehead atoms. The largest absolute Gasteiger partial charge is 0.478 e. The Labute approximate surface area is 106 Å². The number of carbonyl (C=O) groups is 2. The van der Waals surface area contributed by atoms with Crippen LogP contribution >= 0.6 is 0 Å². The zero-order valence-corrected chi connectivity index (χ0v) is 9.50. The smallest absolute Gasteiger partial charge is 0.339 e. The van der Waals surface area contributed by atoms with E-state index in [1.807, 2.05) is 0 Å². The molecule has 0 atom stereocenters. The van der Waals surface area contributed by atoms with Gasteiger partial charge in [0.05, 0.1) is 11.8 Å². The van der Waals surface area contributed by atoms with Crippen LogP contribution in [0.25, 0.3) is 0 Å². The number of nitrogens with zero attached hydrogens (tertiary/aromatic N) is 2. The molecule has 0 aliphatic carbocycles. The monoisotopic (exact) mass is 261 g/mol. The summed E-state index contributed by atoms with van der Waals surface area (Å²) in [6, 6.07) is 3.73. The molecule has 0 saturated heterocycles. The van der Waals surface area contributed by atoms with Crippen LogP contribution in [0.5, 0.6) is 0 Å². The zero-order chi connectivity index (χ0) is 13.8. The Morgan fingerprint density at radius 1 is 1.32 bits per heavy atom. The lowest BCUT2D eigenvalue weighted by Gasteiger charge is -2.06. The minimum atomic E-state index is -1.22. The number of amides is 1. The third-order valence-corrected chi connectivity index (χ3v) is 2.24. The van der Waals surface area contributed by atoms with E-state index >= 15 is 0 Å². The molecule has 2 rings (SSSR count). The van der Waals surface area contributed by atoms with Crippen LogP contribution in [0.15, 0.2) is 36.8 Å². The van der Waals surface area contributed by atoms with E-state index in [2.05, 4.69) is 15.3 Å². The van der Waals surface area contributed by atoms with Crippen LogP contribution in [0.4, 0.5) is 10.2 Å². The number of carboxylic acids is 1. The van der Waals surface area contributed by atoms with E-state index in [0.29, 0.717) is 0 Å². The maximum absolute atomic E-state index is 12.9. The minimum absolute atomic E-state index is 0.0259. The first-order valence-corrected chi connectivity index (χ1v) is 5.18. The number of hydrogen-bond donors (Lipinski definition) is 2. The molecular weight excluding hydrogens is 253 g/mol. The van der Waals surface area contributed by atoms with Gasteiger partial charge in [-0.3, -0.25) is 9.78 Å². The molecule has 0 fully saturated rings. The molecule has 0 unspecified atom stereocenters. The maximum Gasteiger partial charge on any atom is 0.339 e. The fourth-order valence-electron chi connectivity index (χ4n) is 1.39. The molecule has 0 spiro atoms. The van der Waals surface area contributed by atoms with Gasteiger partial charge in [0.2, 0.25) is 0 Å². The van der Waals surface area contributed by atoms with Crippen LogP contribution in [-0.4, -0.2) is 27.0 Å². The fourth-order valence-corrected chi connectivity index (χ4v) is 1.39. The van der Waals surface area contributed by atoms with E-state index in [9.17, 15) is 14.0 Å². The number of carbonyl (C=O) groups excluding carboxylic acids is 1. The van der Waals surface area contributed by atoms with E-state index < -0.39 is 17.7 Å². The molecular formula is C12H8FN3O3. The SMILES string of the molecule is O=C(Nc1ncccc1C(=O)O)c1cncc(F)c1. The third-order valence-electron chi connectivity index (χ3n) is 2.24. The summed E-state index contributed by atoms with van der Waals surface area (Å²) in [5.74, 6) is -2.68. The van der Waals surface area contributed by atoms with E-state index in [4.69, 9.17) is 5.11 Å². The second-order valence-corrected chi connectivity index (χ2v) is 3.55. The normalized spacial score (nSPS) is 9.95. The summed E-state index contributed by atoms with van der Waals surface area (Å²) in [7, 11) is 0. The summed E-state index contributed by atoms with van der Waals surface area (Å²) in [5.41, 5.74) is -0.179. The molecule has 0 aliphatic heterocycles. The van der Waals surface area contributed by atoms with Crippen molar-refractivity contribution >= 4 is 17.7 Å². The van der Waals surface area contributed by atoms with Crippen LogP contribution in [0.2, 0.25) is 0 Å². The van der Waals surface area contributed by atoms with Gasteiger partial charge in [-0.05, 0) is 18.2 Å². The number of hydrogen-bond acceptors (Lipinski definition) is 4. The molecule has 7 heteroatoms. The first kappa shape index (κ1) is 12.6. The number of aromatic carboxylic acids is 1. The molecule has 0 saturated carbocycles. The molecule has 2 N–H and O–H groups in total. The lowest BCUT2D eigenvalue weighted by molar-refractivity contribution is 0.0697. The predicted molar refractivity (Wildman–Crippen MR) is 63.3 cm³/mol. The summed E-state index contributed by atoms with van der Waals surface area (Å²) < 4.78 is 12.9. The lowest BCUT2D eigenvalue weighted by atomic mass is 10.2. The summed E-state index contributed by atoms with van der Waals surface area (Å²) in [4.78, 5) is 30.0. The van der Waals surface area contributed by atoms with Crippen molar-refractivity contribution in [3.63, 3.8) is 0 Å². The van der Waals surface area contributed by atoms with Crippen LogP contribution in [0.3, 0.4) is 0 Å². The van der Waals surface area contributed by atoms with Crippen LogP contribution in [0.1, 0.15) is 20.7 Å². The molecule has 0 aliphatic rings. The van der Waals surface area contributed by atoms with Gasteiger partial charge in [0.15, 0.2) is 0 Å². The molecule has 0 radical (unpaired) electrons. The number of halogens is 1. The van der Waals surface area contributed by atoms with E-state index in [-0.39, 0.29) is 16.9 Å². The highest BCUT2D eigenvalue weighted by Gasteiger charge is 2.14. The predicted octanol–water partition coefficient (Wildman–Crippen LogP) is 1.57. The highest BCUT2D eigenvalue weighted by Crippen LogP contribution is 2.13. The summed E-state index contributed by atoms with van der Waals surface area (Å²) >= 11 is 0. The van der Waals surface area contributed by atoms with E-state index in [1.165, 1.54) is 24.5 Å². The number of aromatic nitrogens is 2. The highest BCUT2D eigenvalue weighted by molar-refractivity contribution is 6.06. The second kappa shape index (κ2) is 5.21. The van der Waals surface area contributed by atoms with Gasteiger partial charge >= 0.3 is 5.97 Å². The van der Waals surface area contributed by atoms with Crippen molar-refractivity contribution in [3.05, 3.63) is 53.7 Å². The van der Waals surface area contributed by atoms with Gasteiger partial charge in [0, 0.05) is 12.4 Å². The Hall–Kier alpha value is -2.83. The topological polar surface area (TPSA) is 92.2 Å². The van der Waals surface area contributed by atoms with Gasteiger partial charge in [-0.2, -0.15) is 0 Å². The number of nitrogens with one attached hydrogen (secondary N) is 1. The molecule has 96 valence electrons. The first-order valence-electron chi connectivity index (χ1n) is 5.18. The average molecular weight is 261 g/mol.